The summed E-state index contributed by atoms with van der Waals surface area (Å²) >= 11 is 0. The van der Waals surface area contributed by atoms with Crippen molar-refractivity contribution in [2.75, 3.05) is 11.5 Å². The highest BCUT2D eigenvalue weighted by molar-refractivity contribution is 7.92. The number of hydrogen-bond donors (Lipinski definition) is 1. The van der Waals surface area contributed by atoms with Gasteiger partial charge in [0.1, 0.15) is 0 Å². The molecule has 0 aliphatic carbocycles. The zero-order valence-electron chi connectivity index (χ0n) is 5.72. The fourth-order valence-corrected chi connectivity index (χ4v) is 2.80. The van der Waals surface area contributed by atoms with Gasteiger partial charge in [-0.25, -0.2) is 4.21 Å². The van der Waals surface area contributed by atoms with Gasteiger partial charge in [-0.3, -0.25) is 4.78 Å². The fourth-order valence-electron chi connectivity index (χ4n) is 1.03. The van der Waals surface area contributed by atoms with Crippen LogP contribution in [0.25, 0.3) is 0 Å². The molecule has 1 aliphatic heterocycles. The van der Waals surface area contributed by atoms with Crippen molar-refractivity contribution in [3.63, 3.8) is 0 Å². The van der Waals surface area contributed by atoms with Crippen molar-refractivity contribution in [2.45, 2.75) is 19.8 Å². The second-order valence-electron chi connectivity index (χ2n) is 2.90. The van der Waals surface area contributed by atoms with Crippen LogP contribution in [0.3, 0.4) is 0 Å². The van der Waals surface area contributed by atoms with Crippen LogP contribution in [0.2, 0.25) is 0 Å². The quantitative estimate of drug-likeness (QED) is 0.553. The van der Waals surface area contributed by atoms with Gasteiger partial charge in [-0.2, -0.15) is 0 Å². The Hall–Kier alpha value is -0.0500. The van der Waals surface area contributed by atoms with Crippen LogP contribution in [0, 0.1) is 10.7 Å². The first kappa shape index (κ1) is 7.06. The van der Waals surface area contributed by atoms with E-state index in [4.69, 9.17) is 4.78 Å². The highest BCUT2D eigenvalue weighted by Crippen LogP contribution is 2.17. The molecule has 0 atom stereocenters. The lowest BCUT2D eigenvalue weighted by Crippen LogP contribution is -2.20. The molecule has 0 saturated carbocycles. The zero-order chi connectivity index (χ0) is 6.91. The molecule has 0 unspecified atom stereocenters. The van der Waals surface area contributed by atoms with Crippen LogP contribution >= 0.6 is 0 Å². The molecule has 0 amide bonds. The maximum atomic E-state index is 11.0. The first-order valence-corrected chi connectivity index (χ1v) is 5.24. The number of rotatable bonds is 0. The monoisotopic (exact) mass is 147 g/mol. The van der Waals surface area contributed by atoms with Crippen LogP contribution in [0.5, 0.6) is 0 Å². The van der Waals surface area contributed by atoms with E-state index in [1.807, 2.05) is 0 Å². The van der Waals surface area contributed by atoms with Crippen molar-refractivity contribution >= 4 is 9.73 Å². The molecule has 0 bridgehead atoms. The molecule has 0 radical (unpaired) electrons. The fraction of sp³-hybridized carbons (Fsp3) is 1.00. The molecule has 3 heteroatoms. The molecular formula is C6H13NOS. The molecule has 1 saturated heterocycles. The summed E-state index contributed by atoms with van der Waals surface area (Å²) in [6.45, 7) is 2.16. The minimum Gasteiger partial charge on any atom is -0.253 e. The van der Waals surface area contributed by atoms with Gasteiger partial charge < -0.3 is 0 Å². The molecule has 0 spiro atoms. The molecule has 1 fully saturated rings. The zero-order valence-corrected chi connectivity index (χ0v) is 6.54. The van der Waals surface area contributed by atoms with E-state index in [1.54, 1.807) is 0 Å². The summed E-state index contributed by atoms with van der Waals surface area (Å²) in [5, 5.41) is 0. The van der Waals surface area contributed by atoms with Crippen LogP contribution in [-0.2, 0) is 9.73 Å². The molecule has 1 aliphatic rings. The Morgan fingerprint density at radius 3 is 2.22 bits per heavy atom. The third-order valence-corrected chi connectivity index (χ3v) is 3.67. The smallest absolute Gasteiger partial charge is 0.0441 e. The first-order valence-electron chi connectivity index (χ1n) is 3.34. The Morgan fingerprint density at radius 1 is 1.44 bits per heavy atom. The predicted octanol–water partition coefficient (Wildman–Crippen LogP) is 1.46. The van der Waals surface area contributed by atoms with Crippen LogP contribution in [0.1, 0.15) is 19.8 Å². The summed E-state index contributed by atoms with van der Waals surface area (Å²) in [6.07, 6.45) is 1.98. The topological polar surface area (TPSA) is 40.9 Å². The number of hydrogen-bond acceptors (Lipinski definition) is 2. The molecule has 0 aromatic heterocycles. The Kier molecular flexibility index (Phi) is 1.80. The van der Waals surface area contributed by atoms with Crippen LogP contribution < -0.4 is 0 Å². The predicted molar refractivity (Wildman–Crippen MR) is 39.0 cm³/mol. The normalized spacial score (nSPS) is 44.8. The van der Waals surface area contributed by atoms with Gasteiger partial charge >= 0.3 is 0 Å². The van der Waals surface area contributed by atoms with Crippen LogP contribution in [-0.4, -0.2) is 15.7 Å². The lowest BCUT2D eigenvalue weighted by Gasteiger charge is -2.18. The van der Waals surface area contributed by atoms with Gasteiger partial charge in [0, 0.05) is 21.2 Å². The minimum absolute atomic E-state index is 0.633. The Balaban J connectivity index is 2.55. The average molecular weight is 147 g/mol. The Morgan fingerprint density at radius 2 is 1.89 bits per heavy atom. The van der Waals surface area contributed by atoms with E-state index in [0.717, 1.165) is 12.8 Å². The van der Waals surface area contributed by atoms with E-state index in [-0.39, 0.29) is 0 Å². The Labute approximate surface area is 56.6 Å². The maximum Gasteiger partial charge on any atom is 0.0441 e. The summed E-state index contributed by atoms with van der Waals surface area (Å²) in [5.74, 6) is 1.97. The SMILES string of the molecule is CC1CCS(=N)(=O)CC1. The average Bonchev–Trinajstić information content (AvgIpc) is 1.78. The van der Waals surface area contributed by atoms with E-state index in [9.17, 15) is 4.21 Å². The Bertz CT molecular complexity index is 169. The third-order valence-electron chi connectivity index (χ3n) is 1.88. The van der Waals surface area contributed by atoms with E-state index in [1.165, 1.54) is 0 Å². The molecule has 1 rings (SSSR count). The van der Waals surface area contributed by atoms with Crippen LogP contribution in [0.4, 0.5) is 0 Å². The summed E-state index contributed by atoms with van der Waals surface area (Å²) in [5.41, 5.74) is 0. The van der Waals surface area contributed by atoms with E-state index < -0.39 is 9.73 Å². The highest BCUT2D eigenvalue weighted by Gasteiger charge is 2.16. The molecule has 2 nitrogen and oxygen atoms in total. The second-order valence-corrected chi connectivity index (χ2v) is 5.34. The molecule has 0 aromatic carbocycles. The summed E-state index contributed by atoms with van der Waals surface area (Å²) in [4.78, 5) is 0. The van der Waals surface area contributed by atoms with E-state index in [0.29, 0.717) is 17.4 Å². The lowest BCUT2D eigenvalue weighted by molar-refractivity contribution is 0.522. The lowest BCUT2D eigenvalue weighted by atomic mass is 10.1. The van der Waals surface area contributed by atoms with Crippen molar-refractivity contribution < 1.29 is 4.21 Å². The van der Waals surface area contributed by atoms with Gasteiger partial charge in [0.05, 0.1) is 0 Å². The van der Waals surface area contributed by atoms with Crippen molar-refractivity contribution in [1.29, 1.82) is 4.78 Å². The van der Waals surface area contributed by atoms with Gasteiger partial charge in [0.25, 0.3) is 0 Å². The van der Waals surface area contributed by atoms with Crippen molar-refractivity contribution in [2.24, 2.45) is 5.92 Å². The molecule has 0 aromatic rings. The van der Waals surface area contributed by atoms with Crippen molar-refractivity contribution in [3.05, 3.63) is 0 Å². The van der Waals surface area contributed by atoms with Gasteiger partial charge in [0.2, 0.25) is 0 Å². The third kappa shape index (κ3) is 1.97. The van der Waals surface area contributed by atoms with E-state index in [2.05, 4.69) is 6.92 Å². The van der Waals surface area contributed by atoms with E-state index >= 15 is 0 Å². The number of nitrogens with one attached hydrogen (secondary N) is 1. The summed E-state index contributed by atoms with van der Waals surface area (Å²) in [6, 6.07) is 0. The molecule has 9 heavy (non-hydrogen) atoms. The van der Waals surface area contributed by atoms with Gasteiger partial charge in [0.15, 0.2) is 0 Å². The molecule has 54 valence electrons. The summed E-state index contributed by atoms with van der Waals surface area (Å²) in [7, 11) is -2.12. The standard InChI is InChI=1S/C6H13NOS/c1-6-2-4-9(7,8)5-3-6/h6-7H,2-5H2,1H3. The van der Waals surface area contributed by atoms with Crippen molar-refractivity contribution in [1.82, 2.24) is 0 Å². The largest absolute Gasteiger partial charge is 0.253 e. The second kappa shape index (κ2) is 2.29. The summed E-state index contributed by atoms with van der Waals surface area (Å²) < 4.78 is 18.3. The maximum absolute atomic E-state index is 11.0. The van der Waals surface area contributed by atoms with Gasteiger partial charge in [-0.1, -0.05) is 6.92 Å². The van der Waals surface area contributed by atoms with Gasteiger partial charge in [-0.05, 0) is 18.8 Å². The molecule has 1 N–H and O–H groups in total. The van der Waals surface area contributed by atoms with Crippen molar-refractivity contribution in [3.8, 4) is 0 Å². The molecule has 1 heterocycles. The first-order chi connectivity index (χ1) is 4.10. The molecular weight excluding hydrogens is 134 g/mol. The highest BCUT2D eigenvalue weighted by atomic mass is 32.2. The van der Waals surface area contributed by atoms with Gasteiger partial charge in [-0.15, -0.1) is 0 Å². The van der Waals surface area contributed by atoms with Crippen LogP contribution in [0.15, 0.2) is 0 Å². The minimum atomic E-state index is -2.12.